The third kappa shape index (κ3) is 8.18. The van der Waals surface area contributed by atoms with E-state index in [1.807, 2.05) is 0 Å². The number of alkyl carbamates (subject to hydrolysis) is 1. The molecule has 3 N–H and O–H groups in total. The number of nitrogens with zero attached hydrogens (tertiary/aromatic N) is 1. The van der Waals surface area contributed by atoms with Crippen LogP contribution in [0.15, 0.2) is 24.5 Å². The first-order chi connectivity index (χ1) is 16.7. The van der Waals surface area contributed by atoms with Crippen molar-refractivity contribution in [1.29, 1.82) is 0 Å². The lowest BCUT2D eigenvalue weighted by molar-refractivity contribution is -0.180. The van der Waals surface area contributed by atoms with Crippen molar-refractivity contribution in [2.75, 3.05) is 0 Å². The van der Waals surface area contributed by atoms with Crippen molar-refractivity contribution in [3.05, 3.63) is 30.1 Å². The first kappa shape index (κ1) is 29.0. The van der Waals surface area contributed by atoms with Crippen LogP contribution in [-0.4, -0.2) is 70.0 Å². The van der Waals surface area contributed by atoms with E-state index in [4.69, 9.17) is 14.2 Å². The minimum atomic E-state index is -1.37. The first-order valence-electron chi connectivity index (χ1n) is 12.0. The molecule has 11 heteroatoms. The van der Waals surface area contributed by atoms with Crippen molar-refractivity contribution in [3.8, 4) is 0 Å². The number of hydrogen-bond donors (Lipinski definition) is 3. The number of hydrogen-bond acceptors (Lipinski definition) is 9. The summed E-state index contributed by atoms with van der Waals surface area (Å²) in [5.41, 5.74) is -0.136. The molecule has 0 radical (unpaired) electrons. The highest BCUT2D eigenvalue weighted by Crippen LogP contribution is 2.20. The summed E-state index contributed by atoms with van der Waals surface area (Å²) in [5, 5.41) is 16.2. The largest absolute Gasteiger partial charge is 0.457 e. The molecular weight excluding hydrogens is 470 g/mol. The van der Waals surface area contributed by atoms with E-state index >= 15 is 0 Å². The van der Waals surface area contributed by atoms with Gasteiger partial charge in [-0.15, -0.1) is 0 Å². The molecule has 1 aliphatic heterocycles. The Morgan fingerprint density at radius 1 is 1.19 bits per heavy atom. The molecule has 2 rings (SSSR count). The van der Waals surface area contributed by atoms with Crippen LogP contribution in [0.3, 0.4) is 0 Å². The molecule has 0 aliphatic carbocycles. The molecule has 2 heterocycles. The second-order valence-corrected chi connectivity index (χ2v) is 10.3. The number of aliphatic hydroxyl groups excluding tert-OH is 1. The van der Waals surface area contributed by atoms with Gasteiger partial charge in [0.2, 0.25) is 12.0 Å². The van der Waals surface area contributed by atoms with Crippen LogP contribution < -0.4 is 10.6 Å². The fourth-order valence-corrected chi connectivity index (χ4v) is 3.63. The highest BCUT2D eigenvalue weighted by Gasteiger charge is 2.41. The van der Waals surface area contributed by atoms with Crippen LogP contribution in [0.5, 0.6) is 0 Å². The molecule has 6 unspecified atom stereocenters. The van der Waals surface area contributed by atoms with Crippen LogP contribution in [0.1, 0.15) is 54.0 Å². The molecule has 0 bridgehead atoms. The minimum absolute atomic E-state index is 0.138. The monoisotopic (exact) mass is 507 g/mol. The van der Waals surface area contributed by atoms with Crippen molar-refractivity contribution in [1.82, 2.24) is 15.6 Å². The third-order valence-electron chi connectivity index (χ3n) is 5.61. The lowest BCUT2D eigenvalue weighted by atomic mass is 9.92. The Kier molecular flexibility index (Phi) is 9.80. The van der Waals surface area contributed by atoms with Crippen molar-refractivity contribution in [2.24, 2.45) is 11.8 Å². The van der Waals surface area contributed by atoms with Crippen molar-refractivity contribution < 1.29 is 38.5 Å². The topological polar surface area (TPSA) is 153 Å². The van der Waals surface area contributed by atoms with Crippen LogP contribution in [0, 0.1) is 11.8 Å². The van der Waals surface area contributed by atoms with Gasteiger partial charge in [0.15, 0.2) is 0 Å². The van der Waals surface area contributed by atoms with Gasteiger partial charge in [0.1, 0.15) is 17.7 Å². The van der Waals surface area contributed by atoms with Gasteiger partial charge in [-0.2, -0.15) is 0 Å². The number of carbonyl (C=O) groups is 4. The Bertz CT molecular complexity index is 931. The number of carbonyl (C=O) groups excluding carboxylic acids is 4. The molecule has 1 saturated heterocycles. The maximum Gasteiger partial charge on any atom is 0.408 e. The Labute approximate surface area is 211 Å². The summed E-state index contributed by atoms with van der Waals surface area (Å²) in [4.78, 5) is 55.6. The summed E-state index contributed by atoms with van der Waals surface area (Å²) in [6.07, 6.45) is -1.38. The van der Waals surface area contributed by atoms with Gasteiger partial charge in [-0.1, -0.05) is 19.9 Å². The van der Waals surface area contributed by atoms with E-state index < -0.39 is 71.8 Å². The average Bonchev–Trinajstić information content (AvgIpc) is 2.77. The molecule has 1 aliphatic rings. The molecule has 200 valence electrons. The van der Waals surface area contributed by atoms with E-state index in [-0.39, 0.29) is 6.42 Å². The van der Waals surface area contributed by atoms with E-state index in [9.17, 15) is 24.3 Å². The van der Waals surface area contributed by atoms with Crippen LogP contribution in [0.2, 0.25) is 0 Å². The highest BCUT2D eigenvalue weighted by atomic mass is 16.6. The van der Waals surface area contributed by atoms with E-state index in [1.165, 1.54) is 13.8 Å². The average molecular weight is 508 g/mol. The van der Waals surface area contributed by atoms with Crippen molar-refractivity contribution in [3.63, 3.8) is 0 Å². The summed E-state index contributed by atoms with van der Waals surface area (Å²) in [6, 6.07) is 1.16. The predicted octanol–water partition coefficient (Wildman–Crippen LogP) is 1.51. The summed E-state index contributed by atoms with van der Waals surface area (Å²) in [6.45, 7) is 11.2. The number of nitrogens with one attached hydrogen (secondary N) is 2. The molecule has 1 aromatic heterocycles. The van der Waals surface area contributed by atoms with E-state index in [1.54, 1.807) is 59.1 Å². The van der Waals surface area contributed by atoms with Gasteiger partial charge < -0.3 is 30.0 Å². The highest BCUT2D eigenvalue weighted by molar-refractivity contribution is 5.88. The van der Waals surface area contributed by atoms with Gasteiger partial charge in [0.25, 0.3) is 0 Å². The Morgan fingerprint density at radius 3 is 2.42 bits per heavy atom. The first-order valence-corrected chi connectivity index (χ1v) is 12.0. The SMILES string of the molecule is CC(C)C1OC(=O)C(C)C(O)C(Cc2cccnc2)NC(=O)C(NC(=O)OC(C)(C)C)C(C)OC1=O. The van der Waals surface area contributed by atoms with Gasteiger partial charge in [0.05, 0.1) is 18.1 Å². The number of pyridine rings is 1. The van der Waals surface area contributed by atoms with Crippen LogP contribution in [0.4, 0.5) is 4.79 Å². The normalized spacial score (nSPS) is 28.2. The summed E-state index contributed by atoms with van der Waals surface area (Å²) in [5.74, 6) is -3.94. The second-order valence-electron chi connectivity index (χ2n) is 10.3. The number of rotatable bonds is 4. The van der Waals surface area contributed by atoms with Gasteiger partial charge >= 0.3 is 18.0 Å². The molecular formula is C25H37N3O8. The zero-order chi connectivity index (χ0) is 27.2. The van der Waals surface area contributed by atoms with E-state index in [0.717, 1.165) is 0 Å². The van der Waals surface area contributed by atoms with Gasteiger partial charge in [-0.05, 0) is 52.7 Å². The molecule has 36 heavy (non-hydrogen) atoms. The molecule has 0 spiro atoms. The predicted molar refractivity (Wildman–Crippen MR) is 128 cm³/mol. The lowest BCUT2D eigenvalue weighted by Crippen LogP contribution is -2.60. The molecule has 11 nitrogen and oxygen atoms in total. The van der Waals surface area contributed by atoms with Crippen LogP contribution in [-0.2, 0) is 35.0 Å². The van der Waals surface area contributed by atoms with Gasteiger partial charge in [0, 0.05) is 18.3 Å². The number of amides is 2. The number of aromatic nitrogens is 1. The molecule has 6 atom stereocenters. The molecule has 1 fully saturated rings. The number of cyclic esters (lactones) is 2. The van der Waals surface area contributed by atoms with Gasteiger partial charge in [-0.25, -0.2) is 9.59 Å². The third-order valence-corrected chi connectivity index (χ3v) is 5.61. The molecule has 0 aromatic carbocycles. The van der Waals surface area contributed by atoms with Crippen molar-refractivity contribution >= 4 is 23.9 Å². The Balaban J connectivity index is 2.45. The lowest BCUT2D eigenvalue weighted by Gasteiger charge is -2.33. The Hall–Kier alpha value is -3.21. The fraction of sp³-hybridized carbons (Fsp3) is 0.640. The summed E-state index contributed by atoms with van der Waals surface area (Å²) < 4.78 is 16.2. The molecule has 2 amide bonds. The smallest absolute Gasteiger partial charge is 0.408 e. The fourth-order valence-electron chi connectivity index (χ4n) is 3.63. The maximum absolute atomic E-state index is 13.4. The standard InChI is InChI=1S/C25H37N3O8/c1-13(2)20-23(32)34-15(4)18(28-24(33)36-25(5,6)7)21(30)27-17(11-16-9-8-10-26-12-16)19(29)14(3)22(31)35-20/h8-10,12-15,17-20,29H,11H2,1-7H3,(H,27,30)(H,28,33). The number of aliphatic hydroxyl groups is 1. The quantitative estimate of drug-likeness (QED) is 0.406. The van der Waals surface area contributed by atoms with Crippen LogP contribution >= 0.6 is 0 Å². The molecule has 0 saturated carbocycles. The van der Waals surface area contributed by atoms with E-state index in [2.05, 4.69) is 15.6 Å². The van der Waals surface area contributed by atoms with E-state index in [0.29, 0.717) is 5.56 Å². The molecule has 1 aromatic rings. The zero-order valence-electron chi connectivity index (χ0n) is 21.8. The summed E-state index contributed by atoms with van der Waals surface area (Å²) >= 11 is 0. The van der Waals surface area contributed by atoms with Gasteiger partial charge in [-0.3, -0.25) is 14.6 Å². The minimum Gasteiger partial charge on any atom is -0.457 e. The van der Waals surface area contributed by atoms with Crippen molar-refractivity contribution in [2.45, 2.75) is 90.9 Å². The number of esters is 2. The zero-order valence-corrected chi connectivity index (χ0v) is 21.8. The summed E-state index contributed by atoms with van der Waals surface area (Å²) in [7, 11) is 0. The number of ether oxygens (including phenoxy) is 3. The maximum atomic E-state index is 13.4. The van der Waals surface area contributed by atoms with Crippen LogP contribution in [0.25, 0.3) is 0 Å². The Morgan fingerprint density at radius 2 is 1.86 bits per heavy atom. The second kappa shape index (κ2) is 12.2.